The molecular weight excluding hydrogens is 340 g/mol. The van der Waals surface area contributed by atoms with Crippen LogP contribution in [0.1, 0.15) is 38.8 Å². The molecule has 6 heteroatoms. The summed E-state index contributed by atoms with van der Waals surface area (Å²) in [6.45, 7) is 9.55. The minimum absolute atomic E-state index is 0.160. The van der Waals surface area contributed by atoms with Crippen molar-refractivity contribution < 1.29 is 8.95 Å². The van der Waals surface area contributed by atoms with Gasteiger partial charge in [-0.1, -0.05) is 6.08 Å². The third-order valence-electron chi connectivity index (χ3n) is 2.62. The van der Waals surface area contributed by atoms with Crippen molar-refractivity contribution in [3.63, 3.8) is 0 Å². The normalized spacial score (nSPS) is 14.7. The number of hydrogen-bond acceptors (Lipinski definition) is 3. The van der Waals surface area contributed by atoms with Crippen LogP contribution in [0.15, 0.2) is 29.4 Å². The fraction of sp³-hybridized carbons (Fsp3) is 0.500. The van der Waals surface area contributed by atoms with Crippen molar-refractivity contribution >= 4 is 26.9 Å². The van der Waals surface area contributed by atoms with Gasteiger partial charge in [0, 0.05) is 16.2 Å². The summed E-state index contributed by atoms with van der Waals surface area (Å²) in [4.78, 5) is 4.23. The Labute approximate surface area is 131 Å². The first-order chi connectivity index (χ1) is 9.29. The monoisotopic (exact) mass is 360 g/mol. The Hall–Kier alpha value is -0.720. The summed E-state index contributed by atoms with van der Waals surface area (Å²) < 4.78 is 21.2. The van der Waals surface area contributed by atoms with Gasteiger partial charge in [0.2, 0.25) is 5.88 Å². The molecule has 1 aromatic rings. The van der Waals surface area contributed by atoms with Gasteiger partial charge < -0.3 is 4.74 Å². The largest absolute Gasteiger partial charge is 0.481 e. The second-order valence-electron chi connectivity index (χ2n) is 5.33. The lowest BCUT2D eigenvalue weighted by Crippen LogP contribution is -2.35. The van der Waals surface area contributed by atoms with Crippen LogP contribution in [0, 0.1) is 0 Å². The van der Waals surface area contributed by atoms with Gasteiger partial charge in [0.15, 0.2) is 0 Å². The Morgan fingerprint density at radius 1 is 1.60 bits per heavy atom. The second kappa shape index (κ2) is 7.33. The Bertz CT molecular complexity index is 500. The molecule has 4 nitrogen and oxygen atoms in total. The van der Waals surface area contributed by atoms with E-state index in [1.807, 2.05) is 26.8 Å². The minimum atomic E-state index is -1.18. The smallest absolute Gasteiger partial charge is 0.217 e. The molecule has 0 bridgehead atoms. The molecule has 0 spiro atoms. The van der Waals surface area contributed by atoms with Gasteiger partial charge in [0.1, 0.15) is 0 Å². The number of rotatable bonds is 6. The summed E-state index contributed by atoms with van der Waals surface area (Å²) in [6, 6.07) is 1.76. The van der Waals surface area contributed by atoms with Crippen LogP contribution in [0.5, 0.6) is 5.88 Å². The maximum absolute atomic E-state index is 12.3. The summed E-state index contributed by atoms with van der Waals surface area (Å²) in [5.74, 6) is 0.526. The summed E-state index contributed by atoms with van der Waals surface area (Å²) in [5, 5.41) is 0. The molecule has 0 fully saturated rings. The molecule has 0 saturated carbocycles. The van der Waals surface area contributed by atoms with Gasteiger partial charge in [-0.2, -0.15) is 0 Å². The summed E-state index contributed by atoms with van der Waals surface area (Å²) in [6.07, 6.45) is 4.10. The van der Waals surface area contributed by atoms with E-state index in [1.165, 1.54) is 0 Å². The van der Waals surface area contributed by atoms with Gasteiger partial charge in [0.05, 0.1) is 28.9 Å². The van der Waals surface area contributed by atoms with E-state index in [4.69, 9.17) is 4.74 Å². The highest BCUT2D eigenvalue weighted by Gasteiger charge is 2.25. The Morgan fingerprint density at radius 3 is 2.75 bits per heavy atom. The van der Waals surface area contributed by atoms with E-state index in [1.54, 1.807) is 19.4 Å². The van der Waals surface area contributed by atoms with E-state index in [2.05, 4.69) is 32.2 Å². The first kappa shape index (κ1) is 17.3. The molecule has 2 unspecified atom stereocenters. The van der Waals surface area contributed by atoms with E-state index in [9.17, 15) is 4.21 Å². The zero-order valence-electron chi connectivity index (χ0n) is 12.3. The van der Waals surface area contributed by atoms with Crippen molar-refractivity contribution in [3.05, 3.63) is 35.0 Å². The minimum Gasteiger partial charge on any atom is -0.481 e. The number of hydrogen-bond donors (Lipinski definition) is 1. The van der Waals surface area contributed by atoms with Crippen LogP contribution in [0.25, 0.3) is 0 Å². The van der Waals surface area contributed by atoms with Crippen molar-refractivity contribution in [3.8, 4) is 5.88 Å². The van der Waals surface area contributed by atoms with Crippen LogP contribution in [0.2, 0.25) is 0 Å². The number of aromatic nitrogens is 1. The van der Waals surface area contributed by atoms with E-state index in [0.717, 1.165) is 10.0 Å². The SMILES string of the molecule is C=CCC(NS(=O)C(C)(C)C)c1cc(Br)cnc1OC. The van der Waals surface area contributed by atoms with Crippen LogP contribution in [0.3, 0.4) is 0 Å². The average Bonchev–Trinajstić information content (AvgIpc) is 2.37. The fourth-order valence-corrected chi connectivity index (χ4v) is 2.76. The van der Waals surface area contributed by atoms with Crippen LogP contribution in [-0.4, -0.2) is 21.0 Å². The number of ether oxygens (including phenoxy) is 1. The predicted octanol–water partition coefficient (Wildman–Crippen LogP) is 3.52. The van der Waals surface area contributed by atoms with Crippen molar-refractivity contribution in [2.24, 2.45) is 0 Å². The molecule has 20 heavy (non-hydrogen) atoms. The first-order valence-electron chi connectivity index (χ1n) is 6.28. The van der Waals surface area contributed by atoms with Gasteiger partial charge in [-0.3, -0.25) is 0 Å². The maximum atomic E-state index is 12.3. The van der Waals surface area contributed by atoms with E-state index < -0.39 is 11.0 Å². The zero-order chi connectivity index (χ0) is 15.3. The van der Waals surface area contributed by atoms with Gasteiger partial charge in [-0.25, -0.2) is 13.9 Å². The summed E-state index contributed by atoms with van der Waals surface area (Å²) >= 11 is 3.40. The number of nitrogens with one attached hydrogen (secondary N) is 1. The number of halogens is 1. The Balaban J connectivity index is 3.10. The predicted molar refractivity (Wildman–Crippen MR) is 87.1 cm³/mol. The third kappa shape index (κ3) is 4.68. The highest BCUT2D eigenvalue weighted by Crippen LogP contribution is 2.29. The van der Waals surface area contributed by atoms with Crippen molar-refractivity contribution in [1.82, 2.24) is 9.71 Å². The van der Waals surface area contributed by atoms with Crippen molar-refractivity contribution in [2.75, 3.05) is 7.11 Å². The molecule has 0 aliphatic heterocycles. The molecule has 0 radical (unpaired) electrons. The van der Waals surface area contributed by atoms with E-state index >= 15 is 0 Å². The molecule has 2 atom stereocenters. The van der Waals surface area contributed by atoms with Crippen molar-refractivity contribution in [2.45, 2.75) is 38.0 Å². The van der Waals surface area contributed by atoms with E-state index in [0.29, 0.717) is 12.3 Å². The van der Waals surface area contributed by atoms with Crippen LogP contribution in [0.4, 0.5) is 0 Å². The lowest BCUT2D eigenvalue weighted by atomic mass is 10.1. The lowest BCUT2D eigenvalue weighted by molar-refractivity contribution is 0.386. The quantitative estimate of drug-likeness (QED) is 0.789. The molecule has 1 aromatic heterocycles. The molecule has 1 heterocycles. The highest BCUT2D eigenvalue weighted by molar-refractivity contribution is 9.10. The molecule has 0 saturated heterocycles. The van der Waals surface area contributed by atoms with Crippen molar-refractivity contribution in [1.29, 1.82) is 0 Å². The van der Waals surface area contributed by atoms with Gasteiger partial charge in [-0.05, 0) is 49.2 Å². The van der Waals surface area contributed by atoms with Crippen LogP contribution in [-0.2, 0) is 11.0 Å². The average molecular weight is 361 g/mol. The summed E-state index contributed by atoms with van der Waals surface area (Å²) in [7, 11) is 0.392. The molecule has 1 N–H and O–H groups in total. The van der Waals surface area contributed by atoms with Gasteiger partial charge >= 0.3 is 0 Å². The first-order valence-corrected chi connectivity index (χ1v) is 8.22. The van der Waals surface area contributed by atoms with Gasteiger partial charge in [-0.15, -0.1) is 6.58 Å². The second-order valence-corrected chi connectivity index (χ2v) is 8.24. The molecule has 0 aliphatic rings. The highest BCUT2D eigenvalue weighted by atomic mass is 79.9. The topological polar surface area (TPSA) is 51.2 Å². The maximum Gasteiger partial charge on any atom is 0.217 e. The number of pyridine rings is 1. The number of nitrogens with zero attached hydrogens (tertiary/aromatic N) is 1. The number of methoxy groups -OCH3 is 1. The van der Waals surface area contributed by atoms with Crippen LogP contribution >= 0.6 is 15.9 Å². The van der Waals surface area contributed by atoms with E-state index in [-0.39, 0.29) is 10.8 Å². The molecular formula is C14H21BrN2O2S. The molecule has 0 aromatic carbocycles. The summed E-state index contributed by atoms with van der Waals surface area (Å²) in [5.41, 5.74) is 0.861. The molecule has 0 amide bonds. The third-order valence-corrected chi connectivity index (χ3v) is 4.67. The lowest BCUT2D eigenvalue weighted by Gasteiger charge is -2.24. The Kier molecular flexibility index (Phi) is 6.36. The standard InChI is InChI=1S/C14H21BrN2O2S/c1-6-7-12(17-20(18)14(2,3)4)11-8-10(15)9-16-13(11)19-5/h6,8-9,12,17H,1,7H2,2-5H3. The van der Waals surface area contributed by atoms with Crippen LogP contribution < -0.4 is 9.46 Å². The molecule has 1 rings (SSSR count). The fourth-order valence-electron chi connectivity index (χ4n) is 1.57. The Morgan fingerprint density at radius 2 is 2.25 bits per heavy atom. The molecule has 0 aliphatic carbocycles. The van der Waals surface area contributed by atoms with Gasteiger partial charge in [0.25, 0.3) is 0 Å². The molecule has 112 valence electrons. The zero-order valence-corrected chi connectivity index (χ0v) is 14.7.